The maximum Gasteiger partial charge on any atom is 0.262 e. The molecule has 1 heterocycles. The van der Waals surface area contributed by atoms with Gasteiger partial charge in [0.25, 0.3) is 15.9 Å². The van der Waals surface area contributed by atoms with Gasteiger partial charge in [-0.1, -0.05) is 29.4 Å². The van der Waals surface area contributed by atoms with Crippen molar-refractivity contribution in [1.82, 2.24) is 10.1 Å². The van der Waals surface area contributed by atoms with Crippen LogP contribution in [0.25, 0.3) is 22.8 Å². The lowest BCUT2D eigenvalue weighted by atomic mass is 10.2. The number of halogens is 1. The van der Waals surface area contributed by atoms with Crippen molar-refractivity contribution < 1.29 is 22.1 Å². The Morgan fingerprint density at radius 3 is 2.48 bits per heavy atom. The molecule has 0 saturated carbocycles. The van der Waals surface area contributed by atoms with Crippen LogP contribution in [-0.4, -0.2) is 25.2 Å². The zero-order valence-corrected chi connectivity index (χ0v) is 17.3. The van der Waals surface area contributed by atoms with E-state index in [1.54, 1.807) is 42.5 Å². The Kier molecular flexibility index (Phi) is 5.68. The van der Waals surface area contributed by atoms with Crippen LogP contribution in [0.1, 0.15) is 6.92 Å². The van der Waals surface area contributed by atoms with Gasteiger partial charge >= 0.3 is 0 Å². The van der Waals surface area contributed by atoms with E-state index >= 15 is 0 Å². The molecular weight excluding hydrogens is 421 g/mol. The van der Waals surface area contributed by atoms with Crippen molar-refractivity contribution in [2.75, 3.05) is 11.3 Å². The fourth-order valence-corrected chi connectivity index (χ4v) is 4.23. The molecule has 158 valence electrons. The molecule has 3 aromatic carbocycles. The van der Waals surface area contributed by atoms with Gasteiger partial charge < -0.3 is 9.26 Å². The molecule has 0 amide bonds. The van der Waals surface area contributed by atoms with Gasteiger partial charge in [-0.25, -0.2) is 12.8 Å². The van der Waals surface area contributed by atoms with E-state index in [0.717, 1.165) is 0 Å². The van der Waals surface area contributed by atoms with Crippen LogP contribution in [0.2, 0.25) is 0 Å². The highest BCUT2D eigenvalue weighted by Gasteiger charge is 2.24. The molecule has 0 radical (unpaired) electrons. The van der Waals surface area contributed by atoms with Crippen molar-refractivity contribution in [3.05, 3.63) is 78.6 Å². The predicted molar refractivity (Wildman–Crippen MR) is 114 cm³/mol. The summed E-state index contributed by atoms with van der Waals surface area (Å²) in [6.45, 7) is 2.21. The maximum atomic E-state index is 13.2. The molecule has 0 spiro atoms. The maximum absolute atomic E-state index is 13.2. The van der Waals surface area contributed by atoms with Crippen LogP contribution in [0.15, 0.2) is 82.2 Å². The summed E-state index contributed by atoms with van der Waals surface area (Å²) in [6, 6.07) is 18.6. The highest BCUT2D eigenvalue weighted by Crippen LogP contribution is 2.31. The van der Waals surface area contributed by atoms with Gasteiger partial charge in [0.15, 0.2) is 0 Å². The van der Waals surface area contributed by atoms with E-state index in [0.29, 0.717) is 23.6 Å². The lowest BCUT2D eigenvalue weighted by Gasteiger charge is -2.13. The Morgan fingerprint density at radius 1 is 1.00 bits per heavy atom. The fraction of sp³-hybridized carbons (Fsp3) is 0.0909. The van der Waals surface area contributed by atoms with E-state index < -0.39 is 10.0 Å². The topological polar surface area (TPSA) is 94.3 Å². The molecule has 31 heavy (non-hydrogen) atoms. The molecule has 0 bridgehead atoms. The van der Waals surface area contributed by atoms with Crippen LogP contribution < -0.4 is 9.46 Å². The SMILES string of the molecule is CCOc1ccccc1NS(=O)(=O)c1ccccc1-c1nc(-c2ccc(F)cc2)no1. The average molecular weight is 439 g/mol. The van der Waals surface area contributed by atoms with Crippen LogP contribution in [0.4, 0.5) is 10.1 Å². The third-order valence-corrected chi connectivity index (χ3v) is 5.79. The summed E-state index contributed by atoms with van der Waals surface area (Å²) in [6.07, 6.45) is 0. The van der Waals surface area contributed by atoms with Gasteiger partial charge in [0, 0.05) is 5.56 Å². The number of para-hydroxylation sites is 2. The highest BCUT2D eigenvalue weighted by molar-refractivity contribution is 7.92. The first-order chi connectivity index (χ1) is 15.0. The molecule has 0 saturated heterocycles. The van der Waals surface area contributed by atoms with Crippen LogP contribution in [0, 0.1) is 5.82 Å². The van der Waals surface area contributed by atoms with Crippen molar-refractivity contribution in [2.45, 2.75) is 11.8 Å². The minimum Gasteiger partial charge on any atom is -0.492 e. The van der Waals surface area contributed by atoms with Crippen molar-refractivity contribution in [2.24, 2.45) is 0 Å². The molecule has 0 fully saturated rings. The second kappa shape index (κ2) is 8.57. The van der Waals surface area contributed by atoms with Gasteiger partial charge in [-0.3, -0.25) is 4.72 Å². The second-order valence-electron chi connectivity index (χ2n) is 6.46. The number of hydrogen-bond donors (Lipinski definition) is 1. The molecule has 0 aliphatic rings. The number of aromatic nitrogens is 2. The number of hydrogen-bond acceptors (Lipinski definition) is 6. The van der Waals surface area contributed by atoms with E-state index in [-0.39, 0.29) is 28.0 Å². The molecule has 0 aliphatic carbocycles. The Labute approximate surface area is 178 Å². The van der Waals surface area contributed by atoms with Gasteiger partial charge in [-0.05, 0) is 55.5 Å². The lowest BCUT2D eigenvalue weighted by Crippen LogP contribution is -2.15. The highest BCUT2D eigenvalue weighted by atomic mass is 32.2. The summed E-state index contributed by atoms with van der Waals surface area (Å²) in [5.74, 6) is 0.278. The quantitative estimate of drug-likeness (QED) is 0.447. The molecule has 1 aromatic heterocycles. The van der Waals surface area contributed by atoms with Crippen LogP contribution in [0.5, 0.6) is 5.75 Å². The monoisotopic (exact) mass is 439 g/mol. The van der Waals surface area contributed by atoms with Crippen molar-refractivity contribution >= 4 is 15.7 Å². The second-order valence-corrected chi connectivity index (χ2v) is 8.11. The Balaban J connectivity index is 1.70. The Bertz CT molecular complexity index is 1300. The first-order valence-electron chi connectivity index (χ1n) is 9.41. The number of benzene rings is 3. The summed E-state index contributed by atoms with van der Waals surface area (Å²) < 4.78 is 52.9. The van der Waals surface area contributed by atoms with Crippen molar-refractivity contribution in [3.63, 3.8) is 0 Å². The number of nitrogens with zero attached hydrogens (tertiary/aromatic N) is 2. The van der Waals surface area contributed by atoms with Gasteiger partial charge in [-0.2, -0.15) is 4.98 Å². The van der Waals surface area contributed by atoms with Gasteiger partial charge in [0.2, 0.25) is 5.82 Å². The molecule has 9 heteroatoms. The lowest BCUT2D eigenvalue weighted by molar-refractivity contribution is 0.342. The standard InChI is InChI=1S/C22H18FN3O4S/c1-2-29-19-9-5-4-8-18(19)26-31(27,28)20-10-6-3-7-17(20)22-24-21(25-30-22)15-11-13-16(23)14-12-15/h3-14,26H,2H2,1H3. The van der Waals surface area contributed by atoms with Gasteiger partial charge in [0.1, 0.15) is 16.5 Å². The summed E-state index contributed by atoms with van der Waals surface area (Å²) in [5, 5.41) is 3.89. The Morgan fingerprint density at radius 2 is 1.71 bits per heavy atom. The summed E-state index contributed by atoms with van der Waals surface area (Å²) >= 11 is 0. The zero-order valence-electron chi connectivity index (χ0n) is 16.4. The summed E-state index contributed by atoms with van der Waals surface area (Å²) in [5.41, 5.74) is 1.10. The summed E-state index contributed by atoms with van der Waals surface area (Å²) in [4.78, 5) is 4.26. The molecule has 4 rings (SSSR count). The minimum atomic E-state index is -4.00. The van der Waals surface area contributed by atoms with E-state index in [1.807, 2.05) is 6.92 Å². The van der Waals surface area contributed by atoms with Gasteiger partial charge in [0.05, 0.1) is 17.9 Å². The van der Waals surface area contributed by atoms with Crippen LogP contribution in [0.3, 0.4) is 0 Å². The van der Waals surface area contributed by atoms with Crippen molar-refractivity contribution in [1.29, 1.82) is 0 Å². The third kappa shape index (κ3) is 4.41. The molecule has 1 N–H and O–H groups in total. The van der Waals surface area contributed by atoms with E-state index in [1.165, 1.54) is 30.3 Å². The van der Waals surface area contributed by atoms with Crippen molar-refractivity contribution in [3.8, 4) is 28.6 Å². The number of anilines is 1. The number of ether oxygens (including phenoxy) is 1. The predicted octanol–water partition coefficient (Wildman–Crippen LogP) is 4.74. The molecular formula is C22H18FN3O4S. The summed E-state index contributed by atoms with van der Waals surface area (Å²) in [7, 11) is -4.00. The number of nitrogens with one attached hydrogen (secondary N) is 1. The smallest absolute Gasteiger partial charge is 0.262 e. The molecule has 7 nitrogen and oxygen atoms in total. The first kappa shape index (κ1) is 20.5. The molecule has 0 unspecified atom stereocenters. The normalized spacial score (nSPS) is 11.3. The largest absolute Gasteiger partial charge is 0.492 e. The average Bonchev–Trinajstić information content (AvgIpc) is 3.26. The number of sulfonamides is 1. The van der Waals surface area contributed by atoms with Crippen LogP contribution in [-0.2, 0) is 10.0 Å². The van der Waals surface area contributed by atoms with E-state index in [4.69, 9.17) is 9.26 Å². The molecule has 0 atom stereocenters. The molecule has 0 aliphatic heterocycles. The first-order valence-corrected chi connectivity index (χ1v) is 10.9. The van der Waals surface area contributed by atoms with Gasteiger partial charge in [-0.15, -0.1) is 0 Å². The van der Waals surface area contributed by atoms with E-state index in [9.17, 15) is 12.8 Å². The minimum absolute atomic E-state index is 0.0263. The zero-order chi connectivity index (χ0) is 21.8. The van der Waals surface area contributed by atoms with E-state index in [2.05, 4.69) is 14.9 Å². The Hall–Kier alpha value is -3.72. The molecule has 4 aromatic rings. The number of rotatable bonds is 7. The fourth-order valence-electron chi connectivity index (χ4n) is 2.96. The van der Waals surface area contributed by atoms with Crippen LogP contribution >= 0.6 is 0 Å². The third-order valence-electron chi connectivity index (χ3n) is 4.37.